The number of hydrogen-bond donors (Lipinski definition) is 5. The minimum atomic E-state index is -1.94. The van der Waals surface area contributed by atoms with Crippen LogP contribution in [0.1, 0.15) is 141 Å². The van der Waals surface area contributed by atoms with Crippen LogP contribution in [0.2, 0.25) is 0 Å². The van der Waals surface area contributed by atoms with Crippen LogP contribution in [0.4, 0.5) is 15.3 Å². The fourth-order valence-electron chi connectivity index (χ4n) is 11.1. The summed E-state index contributed by atoms with van der Waals surface area (Å²) >= 11 is 0. The number of nitrogens with zero attached hydrogens (tertiary/aromatic N) is 5. The lowest BCUT2D eigenvalue weighted by atomic mass is 9.86. The molecule has 7 rings (SSSR count). The second-order valence-corrected chi connectivity index (χ2v) is 24.1. The number of nitrogens with two attached hydrogens (primary N) is 1. The summed E-state index contributed by atoms with van der Waals surface area (Å²) in [6.45, 7) is 21.2. The molecule has 5 amide bonds. The van der Waals surface area contributed by atoms with Crippen molar-refractivity contribution >= 4 is 52.5 Å². The van der Waals surface area contributed by atoms with E-state index < -0.39 is 47.7 Å². The van der Waals surface area contributed by atoms with E-state index in [9.17, 15) is 38.7 Å². The number of ether oxygens (including phenoxy) is 4. The van der Waals surface area contributed by atoms with E-state index in [0.717, 1.165) is 68.1 Å². The Morgan fingerprint density at radius 1 is 0.904 bits per heavy atom. The van der Waals surface area contributed by atoms with Crippen LogP contribution < -0.4 is 32.0 Å². The van der Waals surface area contributed by atoms with E-state index in [0.29, 0.717) is 60.1 Å². The van der Waals surface area contributed by atoms with Crippen LogP contribution >= 0.6 is 0 Å². The van der Waals surface area contributed by atoms with Crippen molar-refractivity contribution in [3.63, 3.8) is 0 Å². The van der Waals surface area contributed by atoms with Crippen LogP contribution in [0.25, 0.3) is 22.3 Å². The van der Waals surface area contributed by atoms with Crippen LogP contribution in [0.15, 0.2) is 53.3 Å². The standard InChI is InChI=1S/C62H87N9O12/c1-12-44-45-33-43(21-22-49(45)66-53-46(44)35-71-50(53)34-48-47(56(71)75)37-80-57(76)62(48,79)13-2)83-59(78)69(11)31-30-68(10)58(77)81-36-41-17-19-42(20-18-41)65-54(73)39(5)64-55(74)52(38(3)4)67-51(72)16-14-15-40-23-28-70(29-24-40)60(6,7)26-32-82-61(8,9)25-27-63/h17-22,33-34,38-40,52,79H,12-16,23-32,35-37,63H2,1-11H3,(H,64,74)(H,65,73)(H,67,72)/t39-,52?,62-/m0/s1. The molecule has 1 unspecified atom stereocenters. The maximum Gasteiger partial charge on any atom is 0.415 e. The van der Waals surface area contributed by atoms with E-state index in [1.54, 1.807) is 81.0 Å². The lowest BCUT2D eigenvalue weighted by molar-refractivity contribution is -0.172. The number of rotatable bonds is 25. The summed E-state index contributed by atoms with van der Waals surface area (Å²) in [7, 11) is 3.11. The molecule has 0 spiro atoms. The maximum absolute atomic E-state index is 13.7. The van der Waals surface area contributed by atoms with E-state index in [1.807, 2.05) is 20.8 Å². The summed E-state index contributed by atoms with van der Waals surface area (Å²) in [6.07, 6.45) is 5.26. The number of hydrogen-bond acceptors (Lipinski definition) is 15. The Morgan fingerprint density at radius 2 is 1.59 bits per heavy atom. The molecule has 452 valence electrons. The SMILES string of the molecule is CCc1c2c(nc3ccc(OC(=O)N(C)CCN(C)C(=O)OCc4ccc(NC(=O)[C@H](C)NC(=O)C(NC(=O)CCCC5CCN(C(C)(C)CCOC(C)(C)CCN)CC5)C(C)C)cc4)cc13)-c1cc3c(c(=O)n1C2)COC(=O)[C@]3(O)CC. The second kappa shape index (κ2) is 27.2. The molecule has 2 aromatic carbocycles. The van der Waals surface area contributed by atoms with Gasteiger partial charge in [0.05, 0.1) is 34.6 Å². The number of pyridine rings is 2. The predicted molar refractivity (Wildman–Crippen MR) is 315 cm³/mol. The summed E-state index contributed by atoms with van der Waals surface area (Å²) in [5.74, 6) is -1.26. The molecule has 6 N–H and O–H groups in total. The molecule has 5 heterocycles. The first-order chi connectivity index (χ1) is 39.3. The van der Waals surface area contributed by atoms with Crippen molar-refractivity contribution < 1.29 is 52.8 Å². The van der Waals surface area contributed by atoms with E-state index in [4.69, 9.17) is 29.7 Å². The first-order valence-corrected chi connectivity index (χ1v) is 29.3. The van der Waals surface area contributed by atoms with Gasteiger partial charge in [0, 0.05) is 68.0 Å². The highest BCUT2D eigenvalue weighted by Gasteiger charge is 2.46. The topological polar surface area (TPSA) is 266 Å². The van der Waals surface area contributed by atoms with Crippen LogP contribution in [-0.2, 0) is 65.2 Å². The van der Waals surface area contributed by atoms with Crippen molar-refractivity contribution in [3.8, 4) is 17.1 Å². The van der Waals surface area contributed by atoms with Crippen LogP contribution in [0.5, 0.6) is 5.75 Å². The summed E-state index contributed by atoms with van der Waals surface area (Å²) in [4.78, 5) is 102. The fourth-order valence-corrected chi connectivity index (χ4v) is 11.1. The summed E-state index contributed by atoms with van der Waals surface area (Å²) in [5, 5.41) is 20.5. The number of nitrogens with one attached hydrogen (secondary N) is 3. The van der Waals surface area contributed by atoms with Gasteiger partial charge in [-0.05, 0) is 165 Å². The highest BCUT2D eigenvalue weighted by molar-refractivity contribution is 5.98. The molecule has 4 aromatic rings. The van der Waals surface area contributed by atoms with E-state index in [2.05, 4.69) is 48.5 Å². The molecule has 0 saturated carbocycles. The zero-order chi connectivity index (χ0) is 60.6. The normalized spacial score (nSPS) is 17.0. The van der Waals surface area contributed by atoms with Gasteiger partial charge >= 0.3 is 18.2 Å². The summed E-state index contributed by atoms with van der Waals surface area (Å²) in [5.41, 5.74) is 8.30. The third kappa shape index (κ3) is 15.3. The van der Waals surface area contributed by atoms with Gasteiger partial charge in [-0.15, -0.1) is 0 Å². The fraction of sp³-hybridized carbons (Fsp3) is 0.581. The summed E-state index contributed by atoms with van der Waals surface area (Å²) in [6, 6.07) is 11.8. The molecule has 3 atom stereocenters. The van der Waals surface area contributed by atoms with Crippen LogP contribution in [0, 0.1) is 11.8 Å². The Balaban J connectivity index is 0.804. The van der Waals surface area contributed by atoms with Crippen molar-refractivity contribution in [2.45, 2.75) is 169 Å². The van der Waals surface area contributed by atoms with Gasteiger partial charge in [-0.1, -0.05) is 39.8 Å². The molecule has 3 aliphatic rings. The largest absolute Gasteiger partial charge is 0.458 e. The molecular weight excluding hydrogens is 1060 g/mol. The number of cyclic esters (lactones) is 1. The number of aryl methyl sites for hydroxylation is 1. The van der Waals surface area contributed by atoms with Gasteiger partial charge in [0.2, 0.25) is 17.7 Å². The number of carbonyl (C=O) groups is 6. The molecule has 1 saturated heterocycles. The molecule has 0 radical (unpaired) electrons. The van der Waals surface area contributed by atoms with Gasteiger partial charge in [-0.2, -0.15) is 0 Å². The number of aromatic nitrogens is 2. The third-order valence-corrected chi connectivity index (χ3v) is 16.8. The average Bonchev–Trinajstić information content (AvgIpc) is 2.47. The quantitative estimate of drug-likeness (QED) is 0.0364. The Morgan fingerprint density at radius 3 is 2.24 bits per heavy atom. The van der Waals surface area contributed by atoms with Gasteiger partial charge in [-0.3, -0.25) is 24.1 Å². The van der Waals surface area contributed by atoms with Crippen molar-refractivity contribution in [1.29, 1.82) is 0 Å². The predicted octanol–water partition coefficient (Wildman–Crippen LogP) is 7.12. The number of carbonyl (C=O) groups excluding carboxylic acids is 6. The minimum absolute atomic E-state index is 0.0264. The number of anilines is 1. The van der Waals surface area contributed by atoms with Crippen molar-refractivity contribution in [1.82, 2.24) is 34.9 Å². The van der Waals surface area contributed by atoms with Crippen molar-refractivity contribution in [2.24, 2.45) is 17.6 Å². The lowest BCUT2D eigenvalue weighted by Crippen LogP contribution is -2.53. The van der Waals surface area contributed by atoms with E-state index in [-0.39, 0.29) is 84.7 Å². The number of amides is 5. The molecule has 2 aromatic heterocycles. The van der Waals surface area contributed by atoms with Crippen molar-refractivity contribution in [3.05, 3.63) is 86.7 Å². The Labute approximate surface area is 487 Å². The third-order valence-electron chi connectivity index (χ3n) is 16.8. The first-order valence-electron chi connectivity index (χ1n) is 29.3. The first kappa shape index (κ1) is 63.6. The molecule has 21 heteroatoms. The smallest absolute Gasteiger partial charge is 0.415 e. The Bertz CT molecular complexity index is 3080. The minimum Gasteiger partial charge on any atom is -0.458 e. The zero-order valence-electron chi connectivity index (χ0n) is 50.4. The molecule has 3 aliphatic heterocycles. The van der Waals surface area contributed by atoms with E-state index >= 15 is 0 Å². The highest BCUT2D eigenvalue weighted by atomic mass is 16.6. The van der Waals surface area contributed by atoms with Crippen LogP contribution in [-0.4, -0.2) is 142 Å². The number of aliphatic hydroxyl groups is 1. The highest BCUT2D eigenvalue weighted by Crippen LogP contribution is 2.41. The number of likely N-dealkylation sites (N-methyl/N-ethyl adjacent to an activating group) is 2. The molecule has 1 fully saturated rings. The number of likely N-dealkylation sites (tertiary alicyclic amines) is 1. The zero-order valence-corrected chi connectivity index (χ0v) is 50.4. The Kier molecular flexibility index (Phi) is 20.8. The van der Waals surface area contributed by atoms with Gasteiger partial charge < -0.3 is 60.1 Å². The number of esters is 1. The van der Waals surface area contributed by atoms with Gasteiger partial charge in [0.1, 0.15) is 31.0 Å². The van der Waals surface area contributed by atoms with Gasteiger partial charge in [0.25, 0.3) is 5.56 Å². The maximum atomic E-state index is 13.7. The molecular formula is C62H87N9O12. The second-order valence-electron chi connectivity index (χ2n) is 24.1. The molecule has 83 heavy (non-hydrogen) atoms. The molecule has 0 bridgehead atoms. The van der Waals surface area contributed by atoms with Gasteiger partial charge in [-0.25, -0.2) is 19.4 Å². The number of fused-ring (bicyclic) bond motifs is 5. The average molecular weight is 1150 g/mol. The van der Waals surface area contributed by atoms with Crippen molar-refractivity contribution in [2.75, 3.05) is 58.7 Å². The number of benzene rings is 2. The molecule has 0 aliphatic carbocycles. The van der Waals surface area contributed by atoms with E-state index in [1.165, 1.54) is 9.80 Å². The molecule has 21 nitrogen and oxygen atoms in total. The Hall–Kier alpha value is -6.94. The lowest BCUT2D eigenvalue weighted by Gasteiger charge is -2.43. The van der Waals surface area contributed by atoms with Gasteiger partial charge in [0.15, 0.2) is 5.60 Å². The summed E-state index contributed by atoms with van der Waals surface area (Å²) < 4.78 is 24.2. The van der Waals surface area contributed by atoms with Crippen LogP contribution in [0.3, 0.4) is 0 Å². The number of piperidine rings is 1. The monoisotopic (exact) mass is 1150 g/mol.